The monoisotopic (exact) mass is 365 g/mol. The van der Waals surface area contributed by atoms with E-state index < -0.39 is 0 Å². The molecule has 0 atom stereocenters. The Morgan fingerprint density at radius 1 is 1.38 bits per heavy atom. The van der Waals surface area contributed by atoms with Gasteiger partial charge in [-0.15, -0.1) is 0 Å². The fourth-order valence-electron chi connectivity index (χ4n) is 1.25. The summed E-state index contributed by atoms with van der Waals surface area (Å²) in [6, 6.07) is 5.42. The van der Waals surface area contributed by atoms with Crippen LogP contribution >= 0.6 is 43.5 Å². The van der Waals surface area contributed by atoms with Gasteiger partial charge in [-0.3, -0.25) is 0 Å². The minimum atomic E-state index is 0.533. The lowest BCUT2D eigenvalue weighted by Crippen LogP contribution is -1.85. The average molecular weight is 367 g/mol. The molecule has 0 aliphatic heterocycles. The number of nitrogens with zero attached hydrogens (tertiary/aromatic N) is 1. The number of halogens is 3. The van der Waals surface area contributed by atoms with E-state index in [2.05, 4.69) is 37.0 Å². The van der Waals surface area contributed by atoms with E-state index in [1.807, 2.05) is 6.07 Å². The van der Waals surface area contributed by atoms with Crippen molar-refractivity contribution in [2.24, 2.45) is 0 Å². The maximum atomic E-state index is 6.03. The molecule has 0 spiro atoms. The summed E-state index contributed by atoms with van der Waals surface area (Å²) in [4.78, 5) is 0. The fraction of sp³-hybridized carbons (Fsp3) is 0.100. The lowest BCUT2D eigenvalue weighted by atomic mass is 10.1. The number of ether oxygens (including phenoxy) is 1. The normalized spacial score (nSPS) is 10.5. The number of rotatable bonds is 2. The Balaban J connectivity index is 2.49. The van der Waals surface area contributed by atoms with Gasteiger partial charge < -0.3 is 9.26 Å². The Kier molecular flexibility index (Phi) is 3.56. The van der Waals surface area contributed by atoms with Crippen LogP contribution in [0.25, 0.3) is 11.3 Å². The van der Waals surface area contributed by atoms with Gasteiger partial charge in [0, 0.05) is 5.56 Å². The minimum Gasteiger partial charge on any atom is -0.495 e. The van der Waals surface area contributed by atoms with Gasteiger partial charge in [-0.2, -0.15) is 0 Å². The van der Waals surface area contributed by atoms with E-state index in [0.717, 1.165) is 10.0 Å². The van der Waals surface area contributed by atoms with E-state index in [1.54, 1.807) is 19.2 Å². The van der Waals surface area contributed by atoms with Gasteiger partial charge in [0.25, 0.3) is 0 Å². The van der Waals surface area contributed by atoms with E-state index in [-0.39, 0.29) is 0 Å². The molecule has 0 fully saturated rings. The van der Waals surface area contributed by atoms with Crippen LogP contribution in [0.2, 0.25) is 5.02 Å². The Hall–Kier alpha value is -0.520. The lowest BCUT2D eigenvalue weighted by molar-refractivity contribution is 0.401. The van der Waals surface area contributed by atoms with E-state index in [0.29, 0.717) is 21.1 Å². The van der Waals surface area contributed by atoms with Crippen molar-refractivity contribution in [2.45, 2.75) is 0 Å². The van der Waals surface area contributed by atoms with Crippen molar-refractivity contribution < 1.29 is 9.26 Å². The summed E-state index contributed by atoms with van der Waals surface area (Å²) in [5.41, 5.74) is 1.54. The van der Waals surface area contributed by atoms with Crippen LogP contribution in [0.5, 0.6) is 5.75 Å². The Morgan fingerprint density at radius 2 is 2.12 bits per heavy atom. The molecule has 0 radical (unpaired) electrons. The summed E-state index contributed by atoms with van der Waals surface area (Å²) in [5.74, 6) is 0.629. The van der Waals surface area contributed by atoms with E-state index in [1.165, 1.54) is 0 Å². The molecule has 0 aliphatic rings. The predicted octanol–water partition coefficient (Wildman–Crippen LogP) is 4.53. The standard InChI is InChI=1S/C10H6Br2ClNO2/c1-15-7-3-2-5(4-6(7)13)9-8(11)10(12)16-14-9/h2-4H,1H3. The molecular formula is C10H6Br2ClNO2. The van der Waals surface area contributed by atoms with Crippen molar-refractivity contribution in [1.82, 2.24) is 5.16 Å². The van der Waals surface area contributed by atoms with Crippen LogP contribution in [-0.2, 0) is 0 Å². The molecule has 6 heteroatoms. The Morgan fingerprint density at radius 3 is 2.62 bits per heavy atom. The summed E-state index contributed by atoms with van der Waals surface area (Å²) in [5, 5.41) is 4.45. The highest BCUT2D eigenvalue weighted by Crippen LogP contribution is 2.36. The maximum Gasteiger partial charge on any atom is 0.216 e. The number of benzene rings is 1. The second kappa shape index (κ2) is 4.77. The number of methoxy groups -OCH3 is 1. The number of aromatic nitrogens is 1. The van der Waals surface area contributed by atoms with Crippen LogP contribution < -0.4 is 4.74 Å². The van der Waals surface area contributed by atoms with Crippen LogP contribution in [0.3, 0.4) is 0 Å². The van der Waals surface area contributed by atoms with Gasteiger partial charge >= 0.3 is 0 Å². The largest absolute Gasteiger partial charge is 0.495 e. The second-order valence-corrected chi connectivity index (χ2v) is 4.89. The molecule has 1 aromatic heterocycles. The van der Waals surface area contributed by atoms with Gasteiger partial charge in [0.15, 0.2) is 0 Å². The van der Waals surface area contributed by atoms with E-state index in [9.17, 15) is 0 Å². The van der Waals surface area contributed by atoms with Crippen LogP contribution in [0.15, 0.2) is 31.9 Å². The van der Waals surface area contributed by atoms with E-state index in [4.69, 9.17) is 20.9 Å². The minimum absolute atomic E-state index is 0.533. The van der Waals surface area contributed by atoms with E-state index >= 15 is 0 Å². The Labute approximate surface area is 114 Å². The molecule has 0 unspecified atom stereocenters. The van der Waals surface area contributed by atoms with Crippen molar-refractivity contribution in [3.05, 3.63) is 32.4 Å². The third-order valence-electron chi connectivity index (χ3n) is 2.02. The first kappa shape index (κ1) is 12.0. The molecule has 0 N–H and O–H groups in total. The van der Waals surface area contributed by atoms with Crippen molar-refractivity contribution in [3.8, 4) is 17.0 Å². The summed E-state index contributed by atoms with van der Waals surface area (Å²) in [6.07, 6.45) is 0. The predicted molar refractivity (Wildman–Crippen MR) is 68.9 cm³/mol. The van der Waals surface area contributed by atoms with Gasteiger partial charge in [-0.1, -0.05) is 16.8 Å². The maximum absolute atomic E-state index is 6.03. The molecule has 3 nitrogen and oxygen atoms in total. The first-order chi connectivity index (χ1) is 7.63. The number of hydrogen-bond acceptors (Lipinski definition) is 3. The summed E-state index contributed by atoms with van der Waals surface area (Å²) in [7, 11) is 1.57. The third kappa shape index (κ3) is 2.12. The van der Waals surface area contributed by atoms with Gasteiger partial charge in [0.1, 0.15) is 11.4 Å². The van der Waals surface area contributed by atoms with Crippen molar-refractivity contribution >= 4 is 43.5 Å². The molecule has 0 saturated heterocycles. The smallest absolute Gasteiger partial charge is 0.216 e. The molecule has 0 aliphatic carbocycles. The summed E-state index contributed by atoms with van der Waals surface area (Å²) < 4.78 is 11.4. The summed E-state index contributed by atoms with van der Waals surface area (Å²) in [6.45, 7) is 0. The van der Waals surface area contributed by atoms with Crippen LogP contribution in [0.4, 0.5) is 0 Å². The van der Waals surface area contributed by atoms with Gasteiger partial charge in [-0.25, -0.2) is 0 Å². The SMILES string of the molecule is COc1ccc(-c2noc(Br)c2Br)cc1Cl. The molecule has 0 bridgehead atoms. The summed E-state index contributed by atoms with van der Waals surface area (Å²) >= 11 is 12.6. The first-order valence-electron chi connectivity index (χ1n) is 4.28. The highest BCUT2D eigenvalue weighted by atomic mass is 79.9. The van der Waals surface area contributed by atoms with Crippen molar-refractivity contribution in [2.75, 3.05) is 7.11 Å². The first-order valence-corrected chi connectivity index (χ1v) is 6.24. The highest BCUT2D eigenvalue weighted by Gasteiger charge is 2.14. The molecule has 0 amide bonds. The molecule has 84 valence electrons. The zero-order valence-corrected chi connectivity index (χ0v) is 12.1. The van der Waals surface area contributed by atoms with Gasteiger partial charge in [0.2, 0.25) is 4.67 Å². The molecular weight excluding hydrogens is 361 g/mol. The molecule has 0 saturated carbocycles. The fourth-order valence-corrected chi connectivity index (χ4v) is 2.14. The average Bonchev–Trinajstić information content (AvgIpc) is 2.60. The van der Waals surface area contributed by atoms with Crippen molar-refractivity contribution in [1.29, 1.82) is 0 Å². The highest BCUT2D eigenvalue weighted by molar-refractivity contribution is 9.13. The zero-order chi connectivity index (χ0) is 11.7. The molecule has 16 heavy (non-hydrogen) atoms. The molecule has 1 heterocycles. The molecule has 1 aromatic carbocycles. The third-order valence-corrected chi connectivity index (χ3v) is 4.13. The van der Waals surface area contributed by atoms with Crippen molar-refractivity contribution in [3.63, 3.8) is 0 Å². The molecule has 2 aromatic rings. The zero-order valence-electron chi connectivity index (χ0n) is 8.13. The quantitative estimate of drug-likeness (QED) is 0.782. The lowest BCUT2D eigenvalue weighted by Gasteiger charge is -2.03. The molecule has 2 rings (SSSR count). The topological polar surface area (TPSA) is 35.3 Å². The second-order valence-electron chi connectivity index (χ2n) is 2.97. The van der Waals surface area contributed by atoms with Crippen LogP contribution in [0, 0.1) is 0 Å². The van der Waals surface area contributed by atoms with Gasteiger partial charge in [0.05, 0.1) is 16.6 Å². The Bertz CT molecular complexity index is 528. The van der Waals surface area contributed by atoms with Gasteiger partial charge in [-0.05, 0) is 50.1 Å². The van der Waals surface area contributed by atoms with Crippen LogP contribution in [-0.4, -0.2) is 12.3 Å². The van der Waals surface area contributed by atoms with Crippen LogP contribution in [0.1, 0.15) is 0 Å². The number of hydrogen-bond donors (Lipinski definition) is 0.